The first-order valence-electron chi connectivity index (χ1n) is 8.53. The predicted octanol–water partition coefficient (Wildman–Crippen LogP) is 3.66. The van der Waals surface area contributed by atoms with E-state index in [-0.39, 0.29) is 0 Å². The van der Waals surface area contributed by atoms with E-state index in [1.54, 1.807) is 13.2 Å². The molecular formula is C20H25NO3. The number of phenols is 1. The first kappa shape index (κ1) is 16.7. The van der Waals surface area contributed by atoms with Crippen molar-refractivity contribution in [2.45, 2.75) is 18.8 Å². The van der Waals surface area contributed by atoms with Crippen LogP contribution in [0.2, 0.25) is 0 Å². The zero-order chi connectivity index (χ0) is 16.8. The summed E-state index contributed by atoms with van der Waals surface area (Å²) < 4.78 is 11.0. The second kappa shape index (κ2) is 8.06. The van der Waals surface area contributed by atoms with E-state index in [1.165, 1.54) is 5.56 Å². The maximum atomic E-state index is 9.62. The fourth-order valence-corrected chi connectivity index (χ4v) is 3.25. The van der Waals surface area contributed by atoms with Crippen molar-refractivity contribution in [1.82, 2.24) is 4.90 Å². The minimum atomic E-state index is 0.363. The smallest absolute Gasteiger partial charge is 0.123 e. The fraction of sp³-hybridized carbons (Fsp3) is 0.400. The van der Waals surface area contributed by atoms with Crippen LogP contribution in [-0.4, -0.2) is 43.4 Å². The highest BCUT2D eigenvalue weighted by atomic mass is 16.5. The van der Waals surface area contributed by atoms with Gasteiger partial charge in [-0.3, -0.25) is 4.90 Å². The van der Waals surface area contributed by atoms with Crippen LogP contribution in [0.25, 0.3) is 0 Å². The predicted molar refractivity (Wildman–Crippen MR) is 95.0 cm³/mol. The number of benzene rings is 2. The molecule has 1 heterocycles. The van der Waals surface area contributed by atoms with Gasteiger partial charge in [0, 0.05) is 12.6 Å². The standard InChI is InChI=1S/C20H25NO3/c1-23-19-6-3-7-20(15-19)24-13-12-21-10-8-16(9-11-21)17-4-2-5-18(22)14-17/h2-7,14-16,22H,8-13H2,1H3. The Morgan fingerprint density at radius 3 is 2.54 bits per heavy atom. The number of phenolic OH excluding ortho intramolecular Hbond substituents is 1. The number of likely N-dealkylation sites (tertiary alicyclic amines) is 1. The molecule has 0 amide bonds. The largest absolute Gasteiger partial charge is 0.508 e. The quantitative estimate of drug-likeness (QED) is 0.879. The Kier molecular flexibility index (Phi) is 5.59. The summed E-state index contributed by atoms with van der Waals surface area (Å²) in [5.41, 5.74) is 1.25. The second-order valence-corrected chi connectivity index (χ2v) is 6.24. The third-order valence-electron chi connectivity index (χ3n) is 4.65. The summed E-state index contributed by atoms with van der Waals surface area (Å²) in [6.45, 7) is 3.76. The summed E-state index contributed by atoms with van der Waals surface area (Å²) in [5.74, 6) is 2.58. The van der Waals surface area contributed by atoms with Crippen LogP contribution in [0, 0.1) is 0 Å². The highest BCUT2D eigenvalue weighted by Gasteiger charge is 2.20. The van der Waals surface area contributed by atoms with Crippen LogP contribution < -0.4 is 9.47 Å². The van der Waals surface area contributed by atoms with E-state index in [9.17, 15) is 5.11 Å². The maximum Gasteiger partial charge on any atom is 0.123 e. The molecule has 1 aliphatic heterocycles. The van der Waals surface area contributed by atoms with Gasteiger partial charge in [-0.2, -0.15) is 0 Å². The summed E-state index contributed by atoms with van der Waals surface area (Å²) in [6.07, 6.45) is 2.26. The van der Waals surface area contributed by atoms with Gasteiger partial charge in [0.05, 0.1) is 7.11 Å². The number of methoxy groups -OCH3 is 1. The molecule has 1 fully saturated rings. The Labute approximate surface area is 143 Å². The molecule has 0 spiro atoms. The zero-order valence-electron chi connectivity index (χ0n) is 14.1. The second-order valence-electron chi connectivity index (χ2n) is 6.24. The molecule has 0 bridgehead atoms. The molecule has 4 nitrogen and oxygen atoms in total. The Morgan fingerprint density at radius 1 is 1.04 bits per heavy atom. The van der Waals surface area contributed by atoms with E-state index in [0.717, 1.165) is 44.0 Å². The van der Waals surface area contributed by atoms with E-state index in [4.69, 9.17) is 9.47 Å². The zero-order valence-corrected chi connectivity index (χ0v) is 14.1. The van der Waals surface area contributed by atoms with Crippen molar-refractivity contribution >= 4 is 0 Å². The summed E-state index contributed by atoms with van der Waals surface area (Å²) in [5, 5.41) is 9.62. The Bertz CT molecular complexity index is 651. The fourth-order valence-electron chi connectivity index (χ4n) is 3.25. The van der Waals surface area contributed by atoms with Gasteiger partial charge < -0.3 is 14.6 Å². The number of hydrogen-bond acceptors (Lipinski definition) is 4. The lowest BCUT2D eigenvalue weighted by molar-refractivity contribution is 0.173. The van der Waals surface area contributed by atoms with Crippen LogP contribution >= 0.6 is 0 Å². The van der Waals surface area contributed by atoms with Crippen LogP contribution in [0.4, 0.5) is 0 Å². The molecule has 0 radical (unpaired) electrons. The van der Waals surface area contributed by atoms with Gasteiger partial charge in [-0.15, -0.1) is 0 Å². The SMILES string of the molecule is COc1cccc(OCCN2CCC(c3cccc(O)c3)CC2)c1. The monoisotopic (exact) mass is 327 g/mol. The van der Waals surface area contributed by atoms with E-state index in [1.807, 2.05) is 36.4 Å². The normalized spacial score (nSPS) is 16.0. The van der Waals surface area contributed by atoms with Crippen molar-refractivity contribution in [2.24, 2.45) is 0 Å². The molecule has 0 unspecified atom stereocenters. The minimum absolute atomic E-state index is 0.363. The number of rotatable bonds is 6. The highest BCUT2D eigenvalue weighted by molar-refractivity contribution is 5.33. The van der Waals surface area contributed by atoms with Crippen molar-refractivity contribution in [3.63, 3.8) is 0 Å². The van der Waals surface area contributed by atoms with E-state index < -0.39 is 0 Å². The Morgan fingerprint density at radius 2 is 1.79 bits per heavy atom. The first-order valence-corrected chi connectivity index (χ1v) is 8.53. The maximum absolute atomic E-state index is 9.62. The topological polar surface area (TPSA) is 41.9 Å². The summed E-state index contributed by atoms with van der Waals surface area (Å²) in [7, 11) is 1.66. The third kappa shape index (κ3) is 4.42. The van der Waals surface area contributed by atoms with Crippen molar-refractivity contribution in [3.8, 4) is 17.2 Å². The Balaban J connectivity index is 1.42. The molecule has 1 saturated heterocycles. The highest BCUT2D eigenvalue weighted by Crippen LogP contribution is 2.29. The lowest BCUT2D eigenvalue weighted by Gasteiger charge is -2.32. The molecule has 128 valence electrons. The molecule has 1 aliphatic rings. The molecule has 1 N–H and O–H groups in total. The molecule has 2 aromatic carbocycles. The van der Waals surface area contributed by atoms with Crippen molar-refractivity contribution < 1.29 is 14.6 Å². The van der Waals surface area contributed by atoms with Crippen LogP contribution in [0.15, 0.2) is 48.5 Å². The number of nitrogens with zero attached hydrogens (tertiary/aromatic N) is 1. The van der Waals surface area contributed by atoms with Gasteiger partial charge in [0.1, 0.15) is 23.9 Å². The Hall–Kier alpha value is -2.20. The van der Waals surface area contributed by atoms with Crippen LogP contribution in [0.3, 0.4) is 0 Å². The number of piperidine rings is 1. The van der Waals surface area contributed by atoms with E-state index >= 15 is 0 Å². The summed E-state index contributed by atoms with van der Waals surface area (Å²) in [4.78, 5) is 2.44. The number of ether oxygens (including phenoxy) is 2. The molecular weight excluding hydrogens is 302 g/mol. The summed E-state index contributed by atoms with van der Waals surface area (Å²) in [6, 6.07) is 15.4. The average molecular weight is 327 g/mol. The summed E-state index contributed by atoms with van der Waals surface area (Å²) >= 11 is 0. The van der Waals surface area contributed by atoms with Crippen LogP contribution in [-0.2, 0) is 0 Å². The number of aromatic hydroxyl groups is 1. The van der Waals surface area contributed by atoms with Crippen molar-refractivity contribution in [2.75, 3.05) is 33.4 Å². The van der Waals surface area contributed by atoms with Gasteiger partial charge in [-0.25, -0.2) is 0 Å². The van der Waals surface area contributed by atoms with Crippen LogP contribution in [0.1, 0.15) is 24.3 Å². The van der Waals surface area contributed by atoms with E-state index in [0.29, 0.717) is 18.3 Å². The van der Waals surface area contributed by atoms with Gasteiger partial charge >= 0.3 is 0 Å². The lowest BCUT2D eigenvalue weighted by Crippen LogP contribution is -2.35. The van der Waals surface area contributed by atoms with E-state index in [2.05, 4.69) is 11.0 Å². The molecule has 24 heavy (non-hydrogen) atoms. The molecule has 0 atom stereocenters. The van der Waals surface area contributed by atoms with Gasteiger partial charge in [0.2, 0.25) is 0 Å². The van der Waals surface area contributed by atoms with Gasteiger partial charge in [0.25, 0.3) is 0 Å². The average Bonchev–Trinajstić information content (AvgIpc) is 2.62. The first-order chi connectivity index (χ1) is 11.7. The third-order valence-corrected chi connectivity index (χ3v) is 4.65. The van der Waals surface area contributed by atoms with Crippen LogP contribution in [0.5, 0.6) is 17.2 Å². The van der Waals surface area contributed by atoms with Gasteiger partial charge in [0.15, 0.2) is 0 Å². The molecule has 4 heteroatoms. The minimum Gasteiger partial charge on any atom is -0.508 e. The van der Waals surface area contributed by atoms with Gasteiger partial charge in [-0.1, -0.05) is 18.2 Å². The van der Waals surface area contributed by atoms with Crippen molar-refractivity contribution in [3.05, 3.63) is 54.1 Å². The molecule has 0 saturated carbocycles. The van der Waals surface area contributed by atoms with Crippen molar-refractivity contribution in [1.29, 1.82) is 0 Å². The molecule has 0 aromatic heterocycles. The lowest BCUT2D eigenvalue weighted by atomic mass is 9.89. The molecule has 2 aromatic rings. The molecule has 3 rings (SSSR count). The van der Waals surface area contributed by atoms with Gasteiger partial charge in [-0.05, 0) is 61.7 Å². The molecule has 0 aliphatic carbocycles. The number of hydrogen-bond donors (Lipinski definition) is 1.